The van der Waals surface area contributed by atoms with Crippen LogP contribution in [0.3, 0.4) is 0 Å². The molecule has 2 aromatic carbocycles. The molecule has 7 heteroatoms. The Labute approximate surface area is 201 Å². The van der Waals surface area contributed by atoms with Crippen LogP contribution in [0.25, 0.3) is 0 Å². The van der Waals surface area contributed by atoms with Gasteiger partial charge in [-0.15, -0.1) is 0 Å². The van der Waals surface area contributed by atoms with Crippen molar-refractivity contribution >= 4 is 17.7 Å². The molecule has 7 nitrogen and oxygen atoms in total. The molecule has 34 heavy (non-hydrogen) atoms. The van der Waals surface area contributed by atoms with Crippen LogP contribution >= 0.6 is 0 Å². The number of Topliss-reactive ketones (excluding diaryl/α,β-unsaturated/α-hetero) is 1. The van der Waals surface area contributed by atoms with E-state index in [9.17, 15) is 14.4 Å². The molecule has 1 amide bonds. The summed E-state index contributed by atoms with van der Waals surface area (Å²) in [6.45, 7) is 4.98. The number of ether oxygens (including phenoxy) is 3. The molecule has 0 saturated carbocycles. The number of ketones is 1. The summed E-state index contributed by atoms with van der Waals surface area (Å²) in [5.41, 5.74) is 1.48. The van der Waals surface area contributed by atoms with Crippen molar-refractivity contribution in [2.24, 2.45) is 11.8 Å². The van der Waals surface area contributed by atoms with Crippen LogP contribution in [0.5, 0.6) is 11.5 Å². The first-order valence-corrected chi connectivity index (χ1v) is 11.8. The molecule has 1 heterocycles. The van der Waals surface area contributed by atoms with Gasteiger partial charge in [0.2, 0.25) is 5.91 Å². The fraction of sp³-hybridized carbons (Fsp3) is 0.444. The molecule has 0 aliphatic carbocycles. The zero-order valence-corrected chi connectivity index (χ0v) is 20.1. The maximum Gasteiger partial charge on any atom is 0.306 e. The van der Waals surface area contributed by atoms with Crippen molar-refractivity contribution in [2.75, 3.05) is 26.8 Å². The summed E-state index contributed by atoms with van der Waals surface area (Å²) in [7, 11) is 1.53. The highest BCUT2D eigenvalue weighted by molar-refractivity contribution is 6.00. The lowest BCUT2D eigenvalue weighted by molar-refractivity contribution is -0.147. The Morgan fingerprint density at radius 3 is 2.47 bits per heavy atom. The summed E-state index contributed by atoms with van der Waals surface area (Å²) in [5, 5.41) is 0. The fourth-order valence-electron chi connectivity index (χ4n) is 4.30. The predicted octanol–water partition coefficient (Wildman–Crippen LogP) is 4.28. The number of amides is 1. The number of carbonyl (C=O) groups excluding carboxylic acids is 3. The number of carbonyl (C=O) groups is 3. The van der Waals surface area contributed by atoms with Crippen LogP contribution in [0.4, 0.5) is 0 Å². The zero-order chi connectivity index (χ0) is 24.5. The first-order valence-electron chi connectivity index (χ1n) is 11.8. The average molecular weight is 468 g/mol. The second kappa shape index (κ2) is 12.2. The van der Waals surface area contributed by atoms with Gasteiger partial charge in [-0.1, -0.05) is 43.7 Å². The number of esters is 1. The predicted molar refractivity (Wildman–Crippen MR) is 128 cm³/mol. The van der Waals surface area contributed by atoms with E-state index >= 15 is 0 Å². The molecule has 0 radical (unpaired) electrons. The van der Waals surface area contributed by atoms with Crippen LogP contribution in [-0.4, -0.2) is 49.4 Å². The molecular formula is C27H33NO6. The SMILES string of the molecule is CCOC(=O)C[C@H]1CC(=O)N(CC(=O)c2ccc(OCc3ccccc3)c(OC)c2)C[C@@H]1CC. The Morgan fingerprint density at radius 1 is 1.03 bits per heavy atom. The number of methoxy groups -OCH3 is 1. The van der Waals surface area contributed by atoms with E-state index in [-0.39, 0.29) is 48.9 Å². The van der Waals surface area contributed by atoms with Gasteiger partial charge in [-0.05, 0) is 42.5 Å². The van der Waals surface area contributed by atoms with Crippen molar-refractivity contribution in [1.29, 1.82) is 0 Å². The number of rotatable bonds is 11. The number of benzene rings is 2. The van der Waals surface area contributed by atoms with Gasteiger partial charge in [0.25, 0.3) is 0 Å². The maximum absolute atomic E-state index is 13.0. The van der Waals surface area contributed by atoms with E-state index in [4.69, 9.17) is 14.2 Å². The second-order valence-electron chi connectivity index (χ2n) is 8.48. The number of piperidine rings is 1. The Hall–Kier alpha value is -3.35. The molecule has 3 rings (SSSR count). The molecule has 1 aliphatic heterocycles. The highest BCUT2D eigenvalue weighted by Gasteiger charge is 2.35. The first-order chi connectivity index (χ1) is 16.4. The standard InChI is InChI=1S/C27H33NO6/c1-4-20-16-28(26(30)14-22(20)15-27(31)33-5-2)17-23(29)21-11-12-24(25(13-21)32-3)34-18-19-9-7-6-8-10-19/h6-13,20,22H,4-5,14-18H2,1-3H3/t20-,22+/m0/s1. The van der Waals surface area contributed by atoms with Gasteiger partial charge in [0.15, 0.2) is 17.3 Å². The van der Waals surface area contributed by atoms with Crippen LogP contribution < -0.4 is 9.47 Å². The lowest BCUT2D eigenvalue weighted by Gasteiger charge is -2.37. The number of hydrogen-bond acceptors (Lipinski definition) is 6. The summed E-state index contributed by atoms with van der Waals surface area (Å²) in [4.78, 5) is 39.3. The van der Waals surface area contributed by atoms with Gasteiger partial charge < -0.3 is 19.1 Å². The highest BCUT2D eigenvalue weighted by atomic mass is 16.5. The minimum Gasteiger partial charge on any atom is -0.493 e. The van der Waals surface area contributed by atoms with Crippen molar-refractivity contribution in [3.8, 4) is 11.5 Å². The summed E-state index contributed by atoms with van der Waals surface area (Å²) >= 11 is 0. The molecule has 2 atom stereocenters. The van der Waals surface area contributed by atoms with Crippen molar-refractivity contribution in [3.63, 3.8) is 0 Å². The molecule has 0 aromatic heterocycles. The maximum atomic E-state index is 13.0. The third kappa shape index (κ3) is 6.59. The normalized spacial score (nSPS) is 17.9. The van der Waals surface area contributed by atoms with Crippen LogP contribution in [0.2, 0.25) is 0 Å². The van der Waals surface area contributed by atoms with Crippen molar-refractivity contribution < 1.29 is 28.6 Å². The van der Waals surface area contributed by atoms with Crippen LogP contribution in [0.15, 0.2) is 48.5 Å². The highest BCUT2D eigenvalue weighted by Crippen LogP contribution is 2.32. The Morgan fingerprint density at radius 2 is 1.79 bits per heavy atom. The minimum atomic E-state index is -0.273. The number of hydrogen-bond donors (Lipinski definition) is 0. The summed E-state index contributed by atoms with van der Waals surface area (Å²) in [5.74, 6) is 0.562. The zero-order valence-electron chi connectivity index (χ0n) is 20.1. The summed E-state index contributed by atoms with van der Waals surface area (Å²) in [6, 6.07) is 14.8. The van der Waals surface area contributed by atoms with Crippen LogP contribution in [-0.2, 0) is 20.9 Å². The molecule has 0 bridgehead atoms. The van der Waals surface area contributed by atoms with Crippen LogP contribution in [0, 0.1) is 11.8 Å². The first kappa shape index (κ1) is 25.3. The molecule has 0 spiro atoms. The Balaban J connectivity index is 1.63. The largest absolute Gasteiger partial charge is 0.493 e. The third-order valence-corrected chi connectivity index (χ3v) is 6.23. The van der Waals surface area contributed by atoms with Gasteiger partial charge in [-0.3, -0.25) is 14.4 Å². The van der Waals surface area contributed by atoms with E-state index in [0.717, 1.165) is 12.0 Å². The van der Waals surface area contributed by atoms with Gasteiger partial charge in [0.1, 0.15) is 6.61 Å². The molecule has 0 unspecified atom stereocenters. The quantitative estimate of drug-likeness (QED) is 0.362. The van der Waals surface area contributed by atoms with E-state index in [1.165, 1.54) is 7.11 Å². The van der Waals surface area contributed by atoms with Crippen LogP contribution in [0.1, 0.15) is 49.0 Å². The van der Waals surface area contributed by atoms with Gasteiger partial charge in [0.05, 0.1) is 20.3 Å². The molecule has 182 valence electrons. The molecule has 1 fully saturated rings. The van der Waals surface area contributed by atoms with Gasteiger partial charge >= 0.3 is 5.97 Å². The Bertz CT molecular complexity index is 990. The monoisotopic (exact) mass is 467 g/mol. The Kier molecular flexibility index (Phi) is 9.08. The molecule has 1 saturated heterocycles. The van der Waals surface area contributed by atoms with Crippen molar-refractivity contribution in [3.05, 3.63) is 59.7 Å². The molecule has 0 N–H and O–H groups in total. The molecule has 1 aliphatic rings. The van der Waals surface area contributed by atoms with E-state index in [1.807, 2.05) is 37.3 Å². The molecule has 2 aromatic rings. The number of nitrogens with zero attached hydrogens (tertiary/aromatic N) is 1. The molecular weight excluding hydrogens is 434 g/mol. The van der Waals surface area contributed by atoms with Gasteiger partial charge in [0, 0.05) is 24.9 Å². The van der Waals surface area contributed by atoms with Gasteiger partial charge in [-0.2, -0.15) is 0 Å². The minimum absolute atomic E-state index is 0.00513. The average Bonchev–Trinajstić information content (AvgIpc) is 2.84. The number of likely N-dealkylation sites (tertiary alicyclic amines) is 1. The second-order valence-corrected chi connectivity index (χ2v) is 8.48. The van der Waals surface area contributed by atoms with E-state index < -0.39 is 0 Å². The van der Waals surface area contributed by atoms with Gasteiger partial charge in [-0.25, -0.2) is 0 Å². The van der Waals surface area contributed by atoms with E-state index in [0.29, 0.717) is 36.8 Å². The lowest BCUT2D eigenvalue weighted by Crippen LogP contribution is -2.47. The summed E-state index contributed by atoms with van der Waals surface area (Å²) < 4.78 is 16.4. The smallest absolute Gasteiger partial charge is 0.306 e. The fourth-order valence-corrected chi connectivity index (χ4v) is 4.30. The lowest BCUT2D eigenvalue weighted by atomic mass is 9.81. The van der Waals surface area contributed by atoms with Crippen molar-refractivity contribution in [1.82, 2.24) is 4.90 Å². The topological polar surface area (TPSA) is 82.1 Å². The van der Waals surface area contributed by atoms with Crippen molar-refractivity contribution in [2.45, 2.75) is 39.7 Å². The van der Waals surface area contributed by atoms with E-state index in [2.05, 4.69) is 0 Å². The van der Waals surface area contributed by atoms with E-state index in [1.54, 1.807) is 30.0 Å². The third-order valence-electron chi connectivity index (χ3n) is 6.23. The summed E-state index contributed by atoms with van der Waals surface area (Å²) in [6.07, 6.45) is 1.31.